The zero-order chi connectivity index (χ0) is 17.2. The molecule has 0 radical (unpaired) electrons. The van der Waals surface area contributed by atoms with Gasteiger partial charge in [0.2, 0.25) is 10.0 Å². The standard InChI is InChI=1S/C17H20N4O2S/c1-2-20-11-9-19-17(20)15-7-5-10-21(13-15)24(22,23)16-8-4-3-6-14(16)12-18/h3-4,6,8-9,11,15H,2,5,7,10,13H2,1H3/t15-/m0/s1. The van der Waals surface area contributed by atoms with Gasteiger partial charge in [0.15, 0.2) is 0 Å². The summed E-state index contributed by atoms with van der Waals surface area (Å²) in [5, 5.41) is 9.20. The number of aromatic nitrogens is 2. The van der Waals surface area contributed by atoms with Gasteiger partial charge in [0.1, 0.15) is 11.9 Å². The van der Waals surface area contributed by atoms with E-state index in [1.807, 2.05) is 19.2 Å². The van der Waals surface area contributed by atoms with Crippen molar-refractivity contribution < 1.29 is 8.42 Å². The highest BCUT2D eigenvalue weighted by atomic mass is 32.2. The molecule has 2 aromatic rings. The van der Waals surface area contributed by atoms with Gasteiger partial charge in [-0.3, -0.25) is 0 Å². The third-order valence-electron chi connectivity index (χ3n) is 4.46. The Kier molecular flexibility index (Phi) is 4.69. The smallest absolute Gasteiger partial charge is 0.244 e. The highest BCUT2D eigenvalue weighted by Gasteiger charge is 2.33. The van der Waals surface area contributed by atoms with Gasteiger partial charge in [0.25, 0.3) is 0 Å². The monoisotopic (exact) mass is 344 g/mol. The van der Waals surface area contributed by atoms with E-state index in [0.29, 0.717) is 13.1 Å². The number of rotatable bonds is 4. The molecule has 1 aliphatic rings. The molecule has 1 fully saturated rings. The van der Waals surface area contributed by atoms with E-state index in [9.17, 15) is 13.7 Å². The Balaban J connectivity index is 1.91. The van der Waals surface area contributed by atoms with E-state index >= 15 is 0 Å². The maximum absolute atomic E-state index is 13.0. The molecule has 1 aromatic heterocycles. The van der Waals surface area contributed by atoms with E-state index in [0.717, 1.165) is 25.2 Å². The first-order valence-corrected chi connectivity index (χ1v) is 9.52. The molecule has 126 valence electrons. The molecule has 0 bridgehead atoms. The minimum atomic E-state index is -3.67. The van der Waals surface area contributed by atoms with E-state index in [4.69, 9.17) is 0 Å². The third-order valence-corrected chi connectivity index (χ3v) is 6.39. The van der Waals surface area contributed by atoms with Crippen LogP contribution in [0.2, 0.25) is 0 Å². The molecule has 1 aliphatic heterocycles. The topological polar surface area (TPSA) is 79.0 Å². The van der Waals surface area contributed by atoms with Gasteiger partial charge in [-0.05, 0) is 31.9 Å². The van der Waals surface area contributed by atoms with E-state index < -0.39 is 10.0 Å². The van der Waals surface area contributed by atoms with Gasteiger partial charge in [0, 0.05) is 37.9 Å². The molecule has 0 unspecified atom stereocenters. The number of imidazole rings is 1. The van der Waals surface area contributed by atoms with Crippen molar-refractivity contribution in [3.63, 3.8) is 0 Å². The molecule has 6 nitrogen and oxygen atoms in total. The number of hydrogen-bond donors (Lipinski definition) is 0. The van der Waals surface area contributed by atoms with Crippen molar-refractivity contribution in [3.8, 4) is 6.07 Å². The minimum Gasteiger partial charge on any atom is -0.335 e. The van der Waals surface area contributed by atoms with Gasteiger partial charge >= 0.3 is 0 Å². The molecular weight excluding hydrogens is 324 g/mol. The summed E-state index contributed by atoms with van der Waals surface area (Å²) in [5.41, 5.74) is 0.190. The molecule has 24 heavy (non-hydrogen) atoms. The Morgan fingerprint density at radius 2 is 2.17 bits per heavy atom. The first-order chi connectivity index (χ1) is 11.6. The lowest BCUT2D eigenvalue weighted by Crippen LogP contribution is -2.40. The molecule has 0 amide bonds. The van der Waals surface area contributed by atoms with Crippen LogP contribution in [0.15, 0.2) is 41.6 Å². The van der Waals surface area contributed by atoms with Crippen molar-refractivity contribution in [2.75, 3.05) is 13.1 Å². The van der Waals surface area contributed by atoms with E-state index in [1.165, 1.54) is 16.4 Å². The van der Waals surface area contributed by atoms with Crippen LogP contribution in [0.4, 0.5) is 0 Å². The maximum Gasteiger partial charge on any atom is 0.244 e. The van der Waals surface area contributed by atoms with Crippen molar-refractivity contribution in [2.24, 2.45) is 0 Å². The summed E-state index contributed by atoms with van der Waals surface area (Å²) >= 11 is 0. The predicted molar refractivity (Wildman–Crippen MR) is 89.8 cm³/mol. The second-order valence-corrected chi connectivity index (χ2v) is 7.79. The zero-order valence-electron chi connectivity index (χ0n) is 13.6. The molecule has 0 saturated carbocycles. The quantitative estimate of drug-likeness (QED) is 0.853. The summed E-state index contributed by atoms with van der Waals surface area (Å²) in [5.74, 6) is 1.02. The number of hydrogen-bond acceptors (Lipinski definition) is 4. The SMILES string of the molecule is CCn1ccnc1[C@H]1CCCN(S(=O)(=O)c2ccccc2C#N)C1. The van der Waals surface area contributed by atoms with Crippen molar-refractivity contribution in [2.45, 2.75) is 37.1 Å². The molecule has 0 N–H and O–H groups in total. The molecule has 7 heteroatoms. The predicted octanol–water partition coefficient (Wildman–Crippen LogP) is 2.34. The number of sulfonamides is 1. The second kappa shape index (κ2) is 6.75. The molecule has 2 heterocycles. The van der Waals surface area contributed by atoms with Crippen LogP contribution in [0.5, 0.6) is 0 Å². The minimum absolute atomic E-state index is 0.0812. The van der Waals surface area contributed by atoms with Crippen LogP contribution in [-0.4, -0.2) is 35.4 Å². The first-order valence-electron chi connectivity index (χ1n) is 8.08. The Hall–Kier alpha value is -2.17. The van der Waals surface area contributed by atoms with Crippen LogP contribution >= 0.6 is 0 Å². The highest BCUT2D eigenvalue weighted by Crippen LogP contribution is 2.30. The van der Waals surface area contributed by atoms with Crippen LogP contribution in [0.25, 0.3) is 0 Å². The van der Waals surface area contributed by atoms with Gasteiger partial charge in [0.05, 0.1) is 10.5 Å². The normalized spacial score (nSPS) is 19.1. The lowest BCUT2D eigenvalue weighted by atomic mass is 9.99. The number of piperidine rings is 1. The number of nitrogens with zero attached hydrogens (tertiary/aromatic N) is 4. The van der Waals surface area contributed by atoms with E-state index in [-0.39, 0.29) is 16.4 Å². The summed E-state index contributed by atoms with van der Waals surface area (Å²) in [6.45, 7) is 3.74. The Morgan fingerprint density at radius 3 is 2.92 bits per heavy atom. The van der Waals surface area contributed by atoms with E-state index in [2.05, 4.69) is 9.55 Å². The van der Waals surface area contributed by atoms with Crippen molar-refractivity contribution >= 4 is 10.0 Å². The molecule has 0 spiro atoms. The Bertz CT molecular complexity index is 867. The van der Waals surface area contributed by atoms with Crippen LogP contribution in [0, 0.1) is 11.3 Å². The van der Waals surface area contributed by atoms with Crippen molar-refractivity contribution in [1.82, 2.24) is 13.9 Å². The van der Waals surface area contributed by atoms with Gasteiger partial charge in [-0.2, -0.15) is 9.57 Å². The molecule has 1 saturated heterocycles. The van der Waals surface area contributed by atoms with Gasteiger partial charge < -0.3 is 4.57 Å². The fourth-order valence-electron chi connectivity index (χ4n) is 3.24. The van der Waals surface area contributed by atoms with E-state index in [1.54, 1.807) is 18.3 Å². The third kappa shape index (κ3) is 2.95. The van der Waals surface area contributed by atoms with Gasteiger partial charge in [-0.1, -0.05) is 12.1 Å². The largest absolute Gasteiger partial charge is 0.335 e. The average molecular weight is 344 g/mol. The number of aryl methyl sites for hydroxylation is 1. The second-order valence-electron chi connectivity index (χ2n) is 5.88. The highest BCUT2D eigenvalue weighted by molar-refractivity contribution is 7.89. The maximum atomic E-state index is 13.0. The van der Waals surface area contributed by atoms with Crippen LogP contribution in [0.1, 0.15) is 37.1 Å². The number of nitriles is 1. The Labute approximate surface area is 142 Å². The number of benzene rings is 1. The summed E-state index contributed by atoms with van der Waals surface area (Å²) in [6.07, 6.45) is 5.39. The van der Waals surface area contributed by atoms with Crippen molar-refractivity contribution in [1.29, 1.82) is 5.26 Å². The Morgan fingerprint density at radius 1 is 1.38 bits per heavy atom. The fraction of sp³-hybridized carbons (Fsp3) is 0.412. The fourth-order valence-corrected chi connectivity index (χ4v) is 4.91. The van der Waals surface area contributed by atoms with Crippen LogP contribution in [0.3, 0.4) is 0 Å². The van der Waals surface area contributed by atoms with Gasteiger partial charge in [-0.15, -0.1) is 0 Å². The average Bonchev–Trinajstić information content (AvgIpc) is 3.10. The molecule has 1 aromatic carbocycles. The summed E-state index contributed by atoms with van der Waals surface area (Å²) in [7, 11) is -3.67. The molecule has 3 rings (SSSR count). The molecule has 0 aliphatic carbocycles. The lowest BCUT2D eigenvalue weighted by molar-refractivity contribution is 0.305. The summed E-state index contributed by atoms with van der Waals surface area (Å²) in [4.78, 5) is 4.51. The van der Waals surface area contributed by atoms with Crippen LogP contribution in [-0.2, 0) is 16.6 Å². The molecular formula is C17H20N4O2S. The first kappa shape index (κ1) is 16.7. The van der Waals surface area contributed by atoms with Gasteiger partial charge in [-0.25, -0.2) is 13.4 Å². The summed E-state index contributed by atoms with van der Waals surface area (Å²) in [6, 6.07) is 8.35. The van der Waals surface area contributed by atoms with Crippen molar-refractivity contribution in [3.05, 3.63) is 48.0 Å². The van der Waals surface area contributed by atoms with Crippen LogP contribution < -0.4 is 0 Å². The summed E-state index contributed by atoms with van der Waals surface area (Å²) < 4.78 is 29.5. The zero-order valence-corrected chi connectivity index (χ0v) is 14.4. The lowest BCUT2D eigenvalue weighted by Gasteiger charge is -2.32. The molecule has 1 atom stereocenters.